The summed E-state index contributed by atoms with van der Waals surface area (Å²) in [5.41, 5.74) is 6.45. The largest absolute Gasteiger partial charge is 0.508 e. The van der Waals surface area contributed by atoms with E-state index in [2.05, 4.69) is 20.8 Å². The first kappa shape index (κ1) is 31.6. The highest BCUT2D eigenvalue weighted by Gasteiger charge is 2.49. The van der Waals surface area contributed by atoms with Crippen molar-refractivity contribution in [2.75, 3.05) is 43.5 Å². The van der Waals surface area contributed by atoms with Crippen LogP contribution in [0.1, 0.15) is 30.4 Å². The molecule has 5 aromatic rings. The number of terminal acetylenes is 1. The van der Waals surface area contributed by atoms with Crippen molar-refractivity contribution in [1.29, 1.82) is 0 Å². The number of nitrogens with zero attached hydrogens (tertiary/aromatic N) is 5. The highest BCUT2D eigenvalue weighted by molar-refractivity contribution is 6.06. The summed E-state index contributed by atoms with van der Waals surface area (Å²) >= 11 is 0. The standard InChI is InChI=1S/C38H33F3N6O4/c1-2-24-27(40)7-6-20-11-23(48)12-25(31(20)24)26-13-29-32-34(33(26)41)44-37(50-19-38-8-4-10-46(38)16-22(39)14-38)45-36(32)47(28-17-49-18-30(28)51-29)15-21-5-3-9-43-35(21)42/h1,3,5-7,9,11-13,22,28,30,48H,4,8,10,14-19H2,(H2,42,43)/t22-,28+,30+,38+/m1/s1. The molecule has 0 bridgehead atoms. The SMILES string of the molecule is C#Cc1c(F)ccc2cc(O)cc(-c3cc4c5c(nc(OC[C@@]67CCCN6C[C@H](F)C7)nc5c3F)N(Cc3cccnc3N)[C@H]3COC[C@@H]3O4)c12. The van der Waals surface area contributed by atoms with E-state index in [0.717, 1.165) is 19.4 Å². The van der Waals surface area contributed by atoms with E-state index in [1.807, 2.05) is 11.0 Å². The molecule has 6 heterocycles. The monoisotopic (exact) mass is 694 g/mol. The first-order chi connectivity index (χ1) is 24.7. The summed E-state index contributed by atoms with van der Waals surface area (Å²) in [6.07, 6.45) is 7.90. The van der Waals surface area contributed by atoms with Crippen LogP contribution in [0.2, 0.25) is 0 Å². The fourth-order valence-corrected chi connectivity index (χ4v) is 8.40. The Morgan fingerprint density at radius 1 is 1.12 bits per heavy atom. The maximum absolute atomic E-state index is 17.3. The Bertz CT molecular complexity index is 2280. The minimum atomic E-state index is -0.967. The smallest absolute Gasteiger partial charge is 0.319 e. The van der Waals surface area contributed by atoms with Crippen molar-refractivity contribution in [1.82, 2.24) is 19.9 Å². The number of benzene rings is 3. The van der Waals surface area contributed by atoms with Crippen LogP contribution in [0.15, 0.2) is 48.7 Å². The van der Waals surface area contributed by atoms with Crippen molar-refractivity contribution in [3.05, 3.63) is 71.4 Å². The van der Waals surface area contributed by atoms with Crippen molar-refractivity contribution in [3.63, 3.8) is 0 Å². The molecule has 3 aromatic carbocycles. The zero-order valence-electron chi connectivity index (χ0n) is 27.4. The Hall–Kier alpha value is -5.32. The van der Waals surface area contributed by atoms with Crippen LogP contribution in [-0.2, 0) is 11.3 Å². The average Bonchev–Trinajstić information content (AvgIpc) is 3.80. The number of nitrogens with two attached hydrogens (primary N) is 1. The Balaban J connectivity index is 1.27. The van der Waals surface area contributed by atoms with E-state index in [9.17, 15) is 9.50 Å². The lowest BCUT2D eigenvalue weighted by atomic mass is 9.92. The van der Waals surface area contributed by atoms with Gasteiger partial charge in [-0.2, -0.15) is 9.97 Å². The molecule has 4 aliphatic rings. The van der Waals surface area contributed by atoms with Crippen LogP contribution < -0.4 is 20.1 Å². The van der Waals surface area contributed by atoms with Gasteiger partial charge in [0.2, 0.25) is 0 Å². The summed E-state index contributed by atoms with van der Waals surface area (Å²) in [4.78, 5) is 17.9. The molecule has 3 fully saturated rings. The van der Waals surface area contributed by atoms with Crippen LogP contribution in [0.3, 0.4) is 0 Å². The lowest BCUT2D eigenvalue weighted by molar-refractivity contribution is 0.107. The molecule has 0 spiro atoms. The van der Waals surface area contributed by atoms with E-state index in [0.29, 0.717) is 40.9 Å². The summed E-state index contributed by atoms with van der Waals surface area (Å²) in [7, 11) is 0. The van der Waals surface area contributed by atoms with Gasteiger partial charge in [-0.1, -0.05) is 18.1 Å². The maximum Gasteiger partial charge on any atom is 0.319 e. The van der Waals surface area contributed by atoms with E-state index in [1.165, 1.54) is 30.3 Å². The van der Waals surface area contributed by atoms with Crippen LogP contribution in [0.5, 0.6) is 17.5 Å². The number of ether oxygens (including phenoxy) is 3. The maximum atomic E-state index is 17.3. The molecule has 9 rings (SSSR count). The number of alkyl halides is 1. The zero-order chi connectivity index (χ0) is 35.0. The molecule has 0 radical (unpaired) electrons. The van der Waals surface area contributed by atoms with Crippen molar-refractivity contribution >= 4 is 33.3 Å². The van der Waals surface area contributed by atoms with Gasteiger partial charge < -0.3 is 30.0 Å². The van der Waals surface area contributed by atoms with E-state index >= 15 is 8.78 Å². The van der Waals surface area contributed by atoms with E-state index in [4.69, 9.17) is 31.4 Å². The van der Waals surface area contributed by atoms with Crippen LogP contribution in [0, 0.1) is 24.0 Å². The number of hydrogen-bond acceptors (Lipinski definition) is 10. The fraction of sp³-hybridized carbons (Fsp3) is 0.342. The third kappa shape index (κ3) is 5.07. The number of phenols is 1. The number of fused-ring (bicyclic) bond motifs is 3. The molecule has 3 saturated heterocycles. The molecule has 10 nitrogen and oxygen atoms in total. The Morgan fingerprint density at radius 2 is 2.00 bits per heavy atom. The number of hydrogen-bond donors (Lipinski definition) is 2. The van der Waals surface area contributed by atoms with Gasteiger partial charge in [0.15, 0.2) is 5.82 Å². The number of aromatic nitrogens is 3. The van der Waals surface area contributed by atoms with Gasteiger partial charge in [-0.25, -0.2) is 18.2 Å². The highest BCUT2D eigenvalue weighted by Crippen LogP contribution is 2.47. The Morgan fingerprint density at radius 3 is 2.84 bits per heavy atom. The number of aromatic hydroxyl groups is 1. The minimum Gasteiger partial charge on any atom is -0.508 e. The lowest BCUT2D eigenvalue weighted by Crippen LogP contribution is -2.45. The summed E-state index contributed by atoms with van der Waals surface area (Å²) in [5, 5.41) is 11.7. The average molecular weight is 695 g/mol. The number of anilines is 2. The minimum absolute atomic E-state index is 0.0202. The van der Waals surface area contributed by atoms with Crippen LogP contribution in [0.25, 0.3) is 32.8 Å². The number of halogens is 3. The van der Waals surface area contributed by atoms with Gasteiger partial charge in [0.25, 0.3) is 0 Å². The van der Waals surface area contributed by atoms with Crippen molar-refractivity contribution in [3.8, 4) is 41.0 Å². The van der Waals surface area contributed by atoms with Crippen molar-refractivity contribution < 1.29 is 32.5 Å². The summed E-state index contributed by atoms with van der Waals surface area (Å²) in [6.45, 7) is 2.00. The molecule has 3 N–H and O–H groups in total. The fourth-order valence-electron chi connectivity index (χ4n) is 8.40. The first-order valence-corrected chi connectivity index (χ1v) is 16.9. The molecule has 0 saturated carbocycles. The van der Waals surface area contributed by atoms with E-state index < -0.39 is 29.4 Å². The molecule has 260 valence electrons. The topological polar surface area (TPSA) is 119 Å². The third-order valence-corrected chi connectivity index (χ3v) is 10.8. The number of pyridine rings is 1. The van der Waals surface area contributed by atoms with Gasteiger partial charge in [0, 0.05) is 42.2 Å². The highest BCUT2D eigenvalue weighted by atomic mass is 19.1. The van der Waals surface area contributed by atoms with E-state index in [1.54, 1.807) is 12.3 Å². The van der Waals surface area contributed by atoms with Gasteiger partial charge in [-0.15, -0.1) is 6.42 Å². The summed E-state index contributed by atoms with van der Waals surface area (Å²) in [5.74, 6) is 1.72. The first-order valence-electron chi connectivity index (χ1n) is 16.9. The van der Waals surface area contributed by atoms with E-state index in [-0.39, 0.29) is 77.5 Å². The normalized spacial score (nSPS) is 24.0. The molecule has 13 heteroatoms. The molecular formula is C38H33F3N6O4. The molecule has 4 aliphatic heterocycles. The lowest BCUT2D eigenvalue weighted by Gasteiger charge is -2.32. The molecule has 2 aromatic heterocycles. The Kier molecular flexibility index (Phi) is 7.38. The molecule has 51 heavy (non-hydrogen) atoms. The Labute approximate surface area is 291 Å². The summed E-state index contributed by atoms with van der Waals surface area (Å²) in [6, 6.07) is 10.2. The number of nitrogen functional groups attached to an aromatic ring is 1. The van der Waals surface area contributed by atoms with Gasteiger partial charge in [-0.05, 0) is 60.7 Å². The van der Waals surface area contributed by atoms with Gasteiger partial charge >= 0.3 is 6.01 Å². The number of rotatable bonds is 6. The molecule has 0 aliphatic carbocycles. The predicted molar refractivity (Wildman–Crippen MR) is 184 cm³/mol. The van der Waals surface area contributed by atoms with Crippen molar-refractivity contribution in [2.45, 2.75) is 49.7 Å². The predicted octanol–water partition coefficient (Wildman–Crippen LogP) is 5.51. The molecular weight excluding hydrogens is 661 g/mol. The van der Waals surface area contributed by atoms with Gasteiger partial charge in [0.05, 0.1) is 35.7 Å². The molecule has 0 amide bonds. The molecule has 0 unspecified atom stereocenters. The third-order valence-electron chi connectivity index (χ3n) is 10.8. The van der Waals surface area contributed by atoms with Crippen LogP contribution in [0.4, 0.5) is 24.8 Å². The van der Waals surface area contributed by atoms with Crippen molar-refractivity contribution in [2.24, 2.45) is 0 Å². The van der Waals surface area contributed by atoms with Crippen LogP contribution >= 0.6 is 0 Å². The molecule has 4 atom stereocenters. The number of phenolic OH excluding ortho intramolecular Hbond substituents is 1. The van der Waals surface area contributed by atoms with Gasteiger partial charge in [0.1, 0.15) is 53.4 Å². The summed E-state index contributed by atoms with van der Waals surface area (Å²) < 4.78 is 65.9. The zero-order valence-corrected chi connectivity index (χ0v) is 27.4. The second kappa shape index (κ2) is 11.9. The van der Waals surface area contributed by atoms with Gasteiger partial charge in [-0.3, -0.25) is 4.90 Å². The quantitative estimate of drug-likeness (QED) is 0.220. The second-order valence-electron chi connectivity index (χ2n) is 13.7. The second-order valence-corrected chi connectivity index (χ2v) is 13.7. The van der Waals surface area contributed by atoms with Crippen LogP contribution in [-0.4, -0.2) is 81.7 Å².